The summed E-state index contributed by atoms with van der Waals surface area (Å²) in [6.45, 7) is 9.21. The van der Waals surface area contributed by atoms with E-state index in [1.165, 1.54) is 0 Å². The Labute approximate surface area is 149 Å². The van der Waals surface area contributed by atoms with Gasteiger partial charge in [0.25, 0.3) is 0 Å². The molecule has 0 spiro atoms. The number of piperidine rings is 1. The number of likely N-dealkylation sites (tertiary alicyclic amines) is 1. The van der Waals surface area contributed by atoms with Gasteiger partial charge in [-0.25, -0.2) is 4.79 Å². The zero-order valence-electron chi connectivity index (χ0n) is 15.4. The highest BCUT2D eigenvalue weighted by Gasteiger charge is 2.27. The van der Waals surface area contributed by atoms with Gasteiger partial charge in [0.1, 0.15) is 12.7 Å². The largest absolute Gasteiger partial charge is 0.486 e. The van der Waals surface area contributed by atoms with Crippen LogP contribution in [-0.4, -0.2) is 54.9 Å². The number of carbonyl (C=O) groups is 1. The molecule has 2 aliphatic heterocycles. The van der Waals surface area contributed by atoms with Crippen LogP contribution in [0.4, 0.5) is 4.79 Å². The molecule has 2 heterocycles. The van der Waals surface area contributed by atoms with Crippen LogP contribution in [-0.2, 0) is 0 Å². The number of hydrogen-bond donors (Lipinski definition) is 2. The van der Waals surface area contributed by atoms with Crippen molar-refractivity contribution in [2.24, 2.45) is 0 Å². The first kappa shape index (κ1) is 17.9. The van der Waals surface area contributed by atoms with Crippen molar-refractivity contribution in [1.82, 2.24) is 15.5 Å². The number of benzene rings is 1. The van der Waals surface area contributed by atoms with E-state index >= 15 is 0 Å². The van der Waals surface area contributed by atoms with Gasteiger partial charge >= 0.3 is 6.03 Å². The molecule has 2 N–H and O–H groups in total. The van der Waals surface area contributed by atoms with Gasteiger partial charge in [-0.15, -0.1) is 0 Å². The second-order valence-corrected chi connectivity index (χ2v) is 7.94. The lowest BCUT2D eigenvalue weighted by molar-refractivity contribution is 0.0492. The minimum atomic E-state index is -0.223. The fourth-order valence-electron chi connectivity index (χ4n) is 3.34. The Morgan fingerprint density at radius 1 is 1.28 bits per heavy atom. The SMILES string of the molecule is CC(C)(C)NC(=O)N[C@H]1CCCN(C[C@H]2COc3ccccc3O2)C1. The smallest absolute Gasteiger partial charge is 0.315 e. The minimum absolute atomic E-state index is 0.0250. The predicted octanol–water partition coefficient (Wildman–Crippen LogP) is 2.39. The van der Waals surface area contributed by atoms with Gasteiger partial charge in [-0.3, -0.25) is 4.90 Å². The lowest BCUT2D eigenvalue weighted by Gasteiger charge is -2.36. The number of urea groups is 1. The number of amides is 2. The van der Waals surface area contributed by atoms with Gasteiger partial charge in [-0.1, -0.05) is 12.1 Å². The molecule has 2 aliphatic rings. The Balaban J connectivity index is 1.48. The fourth-order valence-corrected chi connectivity index (χ4v) is 3.34. The van der Waals surface area contributed by atoms with E-state index in [2.05, 4.69) is 15.5 Å². The van der Waals surface area contributed by atoms with Crippen LogP contribution in [0, 0.1) is 0 Å². The fraction of sp³-hybridized carbons (Fsp3) is 0.632. The molecule has 0 aliphatic carbocycles. The topological polar surface area (TPSA) is 62.8 Å². The number of carbonyl (C=O) groups excluding carboxylic acids is 1. The maximum atomic E-state index is 12.1. The van der Waals surface area contributed by atoms with E-state index < -0.39 is 0 Å². The highest BCUT2D eigenvalue weighted by atomic mass is 16.6. The number of hydrogen-bond acceptors (Lipinski definition) is 4. The summed E-state index contributed by atoms with van der Waals surface area (Å²) in [4.78, 5) is 14.4. The van der Waals surface area contributed by atoms with Crippen LogP contribution in [0.15, 0.2) is 24.3 Å². The molecule has 0 radical (unpaired) electrons. The van der Waals surface area contributed by atoms with Crippen LogP contribution in [0.1, 0.15) is 33.6 Å². The molecular formula is C19H29N3O3. The zero-order valence-corrected chi connectivity index (χ0v) is 15.4. The molecule has 1 aromatic carbocycles. The lowest BCUT2D eigenvalue weighted by atomic mass is 10.1. The molecule has 6 nitrogen and oxygen atoms in total. The lowest BCUT2D eigenvalue weighted by Crippen LogP contribution is -2.55. The molecule has 0 aromatic heterocycles. The van der Waals surface area contributed by atoms with Crippen LogP contribution >= 0.6 is 0 Å². The van der Waals surface area contributed by atoms with E-state index in [1.54, 1.807) is 0 Å². The number of nitrogens with zero attached hydrogens (tertiary/aromatic N) is 1. The van der Waals surface area contributed by atoms with Gasteiger partial charge < -0.3 is 20.1 Å². The summed E-state index contributed by atoms with van der Waals surface area (Å²) in [5.74, 6) is 1.63. The molecule has 0 unspecified atom stereocenters. The molecular weight excluding hydrogens is 318 g/mol. The highest BCUT2D eigenvalue weighted by Crippen LogP contribution is 2.31. The minimum Gasteiger partial charge on any atom is -0.486 e. The third-order valence-electron chi connectivity index (χ3n) is 4.36. The Morgan fingerprint density at radius 2 is 2.04 bits per heavy atom. The maximum Gasteiger partial charge on any atom is 0.315 e. The predicted molar refractivity (Wildman–Crippen MR) is 97.2 cm³/mol. The van der Waals surface area contributed by atoms with Crippen molar-refractivity contribution in [2.45, 2.75) is 51.3 Å². The molecule has 1 aromatic rings. The quantitative estimate of drug-likeness (QED) is 0.881. The molecule has 2 atom stereocenters. The molecule has 138 valence electrons. The van der Waals surface area contributed by atoms with Crippen LogP contribution in [0.25, 0.3) is 0 Å². The second kappa shape index (κ2) is 7.52. The van der Waals surface area contributed by atoms with Gasteiger partial charge in [-0.2, -0.15) is 0 Å². The standard InChI is InChI=1S/C19H29N3O3/c1-19(2,3)21-18(23)20-14-7-6-10-22(11-14)12-15-13-24-16-8-4-5-9-17(16)25-15/h4-5,8-9,14-15H,6-7,10-13H2,1-3H3,(H2,20,21,23)/t14-,15-/m0/s1. The third-order valence-corrected chi connectivity index (χ3v) is 4.36. The first-order chi connectivity index (χ1) is 11.9. The Kier molecular flexibility index (Phi) is 5.37. The van der Waals surface area contributed by atoms with Gasteiger partial charge in [0, 0.05) is 24.7 Å². The van der Waals surface area contributed by atoms with E-state index in [4.69, 9.17) is 9.47 Å². The number of para-hydroxylation sites is 2. The average Bonchev–Trinajstić information content (AvgIpc) is 2.53. The summed E-state index contributed by atoms with van der Waals surface area (Å²) < 4.78 is 11.8. The first-order valence-corrected chi connectivity index (χ1v) is 9.08. The number of ether oxygens (including phenoxy) is 2. The van der Waals surface area contributed by atoms with Crippen molar-refractivity contribution in [2.75, 3.05) is 26.2 Å². The van der Waals surface area contributed by atoms with Crippen LogP contribution < -0.4 is 20.1 Å². The summed E-state index contributed by atoms with van der Waals surface area (Å²) >= 11 is 0. The second-order valence-electron chi connectivity index (χ2n) is 7.94. The number of fused-ring (bicyclic) bond motifs is 1. The normalized spacial score (nSPS) is 23.8. The molecule has 0 saturated carbocycles. The number of nitrogens with one attached hydrogen (secondary N) is 2. The van der Waals surface area contributed by atoms with Crippen LogP contribution in [0.5, 0.6) is 11.5 Å². The van der Waals surface area contributed by atoms with Crippen molar-refractivity contribution >= 4 is 6.03 Å². The maximum absolute atomic E-state index is 12.1. The van der Waals surface area contributed by atoms with Crippen molar-refractivity contribution in [1.29, 1.82) is 0 Å². The number of rotatable bonds is 3. The molecule has 1 saturated heterocycles. The summed E-state index contributed by atoms with van der Waals surface area (Å²) in [6, 6.07) is 7.86. The monoisotopic (exact) mass is 347 g/mol. The van der Waals surface area contributed by atoms with Crippen molar-refractivity contribution in [3.63, 3.8) is 0 Å². The third kappa shape index (κ3) is 5.26. The van der Waals surface area contributed by atoms with E-state index in [0.29, 0.717) is 6.61 Å². The first-order valence-electron chi connectivity index (χ1n) is 9.08. The summed E-state index contributed by atoms with van der Waals surface area (Å²) in [6.07, 6.45) is 2.11. The molecule has 6 heteroatoms. The van der Waals surface area contributed by atoms with E-state index in [1.807, 2.05) is 45.0 Å². The molecule has 25 heavy (non-hydrogen) atoms. The molecule has 1 fully saturated rings. The van der Waals surface area contributed by atoms with Gasteiger partial charge in [0.15, 0.2) is 11.5 Å². The summed E-state index contributed by atoms with van der Waals surface area (Å²) in [5.41, 5.74) is -0.223. The molecule has 0 bridgehead atoms. The van der Waals surface area contributed by atoms with Crippen LogP contribution in [0.2, 0.25) is 0 Å². The van der Waals surface area contributed by atoms with Crippen LogP contribution in [0.3, 0.4) is 0 Å². The average molecular weight is 347 g/mol. The van der Waals surface area contributed by atoms with Gasteiger partial charge in [0.05, 0.1) is 0 Å². The zero-order chi connectivity index (χ0) is 17.9. The molecule has 2 amide bonds. The van der Waals surface area contributed by atoms with Gasteiger partial charge in [-0.05, 0) is 52.3 Å². The van der Waals surface area contributed by atoms with E-state index in [9.17, 15) is 4.79 Å². The van der Waals surface area contributed by atoms with Crippen molar-refractivity contribution in [3.8, 4) is 11.5 Å². The summed E-state index contributed by atoms with van der Waals surface area (Å²) in [7, 11) is 0. The van der Waals surface area contributed by atoms with Crippen molar-refractivity contribution in [3.05, 3.63) is 24.3 Å². The Morgan fingerprint density at radius 3 is 2.80 bits per heavy atom. The summed E-state index contributed by atoms with van der Waals surface area (Å²) in [5, 5.41) is 6.05. The molecule has 3 rings (SSSR count). The highest BCUT2D eigenvalue weighted by molar-refractivity contribution is 5.75. The van der Waals surface area contributed by atoms with E-state index in [0.717, 1.165) is 44.0 Å². The Hall–Kier alpha value is -1.95. The van der Waals surface area contributed by atoms with E-state index in [-0.39, 0.29) is 23.7 Å². The van der Waals surface area contributed by atoms with Crippen molar-refractivity contribution < 1.29 is 14.3 Å². The Bertz CT molecular complexity index is 600. The van der Waals surface area contributed by atoms with Gasteiger partial charge in [0.2, 0.25) is 0 Å².